The number of carbonyl (C=O) groups excluding carboxylic acids is 2. The lowest BCUT2D eigenvalue weighted by Gasteiger charge is -2.08. The Morgan fingerprint density at radius 2 is 1.85 bits per heavy atom. The summed E-state index contributed by atoms with van der Waals surface area (Å²) in [6.45, 7) is 6.89. The minimum atomic E-state index is -0.940. The number of benzene rings is 2. The Morgan fingerprint density at radius 1 is 1.15 bits per heavy atom. The molecule has 1 aromatic heterocycles. The second-order valence-electron chi connectivity index (χ2n) is 6.75. The van der Waals surface area contributed by atoms with Gasteiger partial charge >= 0.3 is 0 Å². The summed E-state index contributed by atoms with van der Waals surface area (Å²) >= 11 is 5.51. The Bertz CT molecular complexity index is 1130. The first kappa shape index (κ1) is 25.7. The molecule has 0 spiro atoms. The topological polar surface area (TPSA) is 96.1 Å². The molecule has 0 radical (unpaired) electrons. The molecule has 1 heterocycles. The molecule has 3 aromatic rings. The van der Waals surface area contributed by atoms with E-state index in [1.165, 1.54) is 19.1 Å². The number of hydrogen-bond donors (Lipinski definition) is 3. The number of nitrogens with zero attached hydrogens (tertiary/aromatic N) is 1. The highest BCUT2D eigenvalue weighted by Gasteiger charge is 2.09. The van der Waals surface area contributed by atoms with Gasteiger partial charge < -0.3 is 20.4 Å². The van der Waals surface area contributed by atoms with E-state index < -0.39 is 17.5 Å². The Kier molecular flexibility index (Phi) is 9.29. The maximum atomic E-state index is 13.0. The Labute approximate surface area is 193 Å². The third-order valence-electron chi connectivity index (χ3n) is 4.08. The van der Waals surface area contributed by atoms with Crippen LogP contribution in [-0.2, 0) is 16.1 Å². The number of fused-ring (bicyclic) bond motifs is 1. The fraction of sp³-hybridized carbons (Fsp3) is 0.227. The molecule has 33 heavy (non-hydrogen) atoms. The number of rotatable bonds is 7. The largest absolute Gasteiger partial charge is 0.484 e. The number of H-pyrrole nitrogens is 1. The molecule has 3 N–H and O–H groups in total. The van der Waals surface area contributed by atoms with Crippen molar-refractivity contribution in [2.45, 2.75) is 26.8 Å². The van der Waals surface area contributed by atoms with Crippen molar-refractivity contribution in [3.63, 3.8) is 0 Å². The monoisotopic (exact) mass is 482 g/mol. The Morgan fingerprint density at radius 3 is 2.48 bits per heavy atom. The third kappa shape index (κ3) is 8.15. The molecule has 3 rings (SSSR count). The summed E-state index contributed by atoms with van der Waals surface area (Å²) < 4.78 is 43.9. The smallest absolute Gasteiger partial charge is 0.262 e. The van der Waals surface area contributed by atoms with Crippen molar-refractivity contribution in [3.05, 3.63) is 70.9 Å². The van der Waals surface area contributed by atoms with Gasteiger partial charge in [-0.2, -0.15) is 0 Å². The molecule has 0 atom stereocenters. The van der Waals surface area contributed by atoms with E-state index in [1.807, 2.05) is 6.92 Å². The standard InChI is InChI=1S/C12H13ClFNO2.C10H9F2N3O/c1-3-8(2)15-12(16)7-17-9-4-5-10(13)11(14)6-9;1-5(16)13-4-10-14-8-2-6(11)7(12)3-9(8)15-10/h4-6H,2-3,7H2,1H3,(H,15,16);2-3H,4H2,1H3,(H,13,16)(H,14,15). The van der Waals surface area contributed by atoms with Crippen LogP contribution in [-0.4, -0.2) is 28.4 Å². The van der Waals surface area contributed by atoms with E-state index in [9.17, 15) is 22.8 Å². The number of carbonyl (C=O) groups is 2. The highest BCUT2D eigenvalue weighted by atomic mass is 35.5. The lowest BCUT2D eigenvalue weighted by atomic mass is 10.3. The number of hydrogen-bond acceptors (Lipinski definition) is 4. The number of imidazole rings is 1. The summed E-state index contributed by atoms with van der Waals surface area (Å²) in [7, 11) is 0. The van der Waals surface area contributed by atoms with Crippen molar-refractivity contribution in [3.8, 4) is 5.75 Å². The van der Waals surface area contributed by atoms with Crippen molar-refractivity contribution in [2.24, 2.45) is 0 Å². The summed E-state index contributed by atoms with van der Waals surface area (Å²) in [5, 5.41) is 5.09. The highest BCUT2D eigenvalue weighted by Crippen LogP contribution is 2.20. The van der Waals surface area contributed by atoms with Crippen LogP contribution in [0.2, 0.25) is 5.02 Å². The van der Waals surface area contributed by atoms with Gasteiger partial charge in [0.1, 0.15) is 17.4 Å². The second-order valence-corrected chi connectivity index (χ2v) is 7.15. The molecular formula is C22H22ClF3N4O3. The first-order valence-electron chi connectivity index (χ1n) is 9.72. The predicted molar refractivity (Wildman–Crippen MR) is 118 cm³/mol. The van der Waals surface area contributed by atoms with Crippen LogP contribution >= 0.6 is 11.6 Å². The van der Waals surface area contributed by atoms with Gasteiger partial charge in [-0.25, -0.2) is 18.2 Å². The molecule has 176 valence electrons. The summed E-state index contributed by atoms with van der Waals surface area (Å²) in [6.07, 6.45) is 0.654. The zero-order valence-electron chi connectivity index (χ0n) is 17.9. The molecule has 0 saturated heterocycles. The summed E-state index contributed by atoms with van der Waals surface area (Å²) in [6, 6.07) is 6.04. The summed E-state index contributed by atoms with van der Waals surface area (Å²) in [5.74, 6) is -2.26. The van der Waals surface area contributed by atoms with Crippen LogP contribution in [0.1, 0.15) is 26.1 Å². The third-order valence-corrected chi connectivity index (χ3v) is 4.39. The van der Waals surface area contributed by atoms with Crippen molar-refractivity contribution in [2.75, 3.05) is 6.61 Å². The molecule has 11 heteroatoms. The van der Waals surface area contributed by atoms with E-state index >= 15 is 0 Å². The van der Waals surface area contributed by atoms with Gasteiger partial charge in [-0.15, -0.1) is 0 Å². The average Bonchev–Trinajstić information content (AvgIpc) is 3.15. The van der Waals surface area contributed by atoms with Crippen LogP contribution < -0.4 is 15.4 Å². The zero-order valence-corrected chi connectivity index (χ0v) is 18.7. The molecule has 0 saturated carbocycles. The zero-order chi connectivity index (χ0) is 24.5. The number of aromatic amines is 1. The van der Waals surface area contributed by atoms with Crippen LogP contribution in [0.3, 0.4) is 0 Å². The Hall–Kier alpha value is -3.53. The van der Waals surface area contributed by atoms with Crippen LogP contribution in [0, 0.1) is 17.5 Å². The van der Waals surface area contributed by atoms with E-state index in [-0.39, 0.29) is 35.7 Å². The first-order valence-corrected chi connectivity index (χ1v) is 10.1. The first-order chi connectivity index (χ1) is 15.6. The van der Waals surface area contributed by atoms with E-state index in [2.05, 4.69) is 27.2 Å². The van der Waals surface area contributed by atoms with Gasteiger partial charge in [0.05, 0.1) is 22.6 Å². The number of aromatic nitrogens is 2. The molecule has 0 fully saturated rings. The van der Waals surface area contributed by atoms with E-state index in [1.54, 1.807) is 0 Å². The van der Waals surface area contributed by atoms with E-state index in [0.29, 0.717) is 29.0 Å². The maximum absolute atomic E-state index is 13.0. The number of halogens is 4. The van der Waals surface area contributed by atoms with Crippen LogP contribution in [0.5, 0.6) is 5.75 Å². The maximum Gasteiger partial charge on any atom is 0.262 e. The van der Waals surface area contributed by atoms with Gasteiger partial charge in [0.15, 0.2) is 18.2 Å². The second kappa shape index (κ2) is 11.9. The fourth-order valence-electron chi connectivity index (χ4n) is 2.39. The normalized spacial score (nSPS) is 10.2. The summed E-state index contributed by atoms with van der Waals surface area (Å²) in [5.41, 5.74) is 1.35. The van der Waals surface area contributed by atoms with Gasteiger partial charge in [-0.05, 0) is 18.6 Å². The van der Waals surface area contributed by atoms with Gasteiger partial charge in [0.2, 0.25) is 5.91 Å². The number of ether oxygens (including phenoxy) is 1. The highest BCUT2D eigenvalue weighted by molar-refractivity contribution is 6.30. The number of nitrogens with one attached hydrogen (secondary N) is 3. The van der Waals surface area contributed by atoms with Gasteiger partial charge in [0.25, 0.3) is 5.91 Å². The Balaban J connectivity index is 0.000000234. The van der Waals surface area contributed by atoms with E-state index in [4.69, 9.17) is 16.3 Å². The lowest BCUT2D eigenvalue weighted by Crippen LogP contribution is -2.27. The van der Waals surface area contributed by atoms with E-state index in [0.717, 1.165) is 18.2 Å². The summed E-state index contributed by atoms with van der Waals surface area (Å²) in [4.78, 5) is 28.8. The average molecular weight is 483 g/mol. The molecule has 0 unspecified atom stereocenters. The van der Waals surface area contributed by atoms with Crippen molar-refractivity contribution < 1.29 is 27.5 Å². The predicted octanol–water partition coefficient (Wildman–Crippen LogP) is 4.38. The van der Waals surface area contributed by atoms with Gasteiger partial charge in [0, 0.05) is 30.8 Å². The molecule has 0 aliphatic carbocycles. The fourth-order valence-corrected chi connectivity index (χ4v) is 2.50. The molecular weight excluding hydrogens is 461 g/mol. The minimum Gasteiger partial charge on any atom is -0.484 e. The molecule has 0 bridgehead atoms. The lowest BCUT2D eigenvalue weighted by molar-refractivity contribution is -0.122. The molecule has 2 amide bonds. The van der Waals surface area contributed by atoms with Crippen molar-refractivity contribution in [1.82, 2.24) is 20.6 Å². The minimum absolute atomic E-state index is 0.0150. The molecule has 0 aliphatic heterocycles. The van der Waals surface area contributed by atoms with Gasteiger partial charge in [-0.3, -0.25) is 9.59 Å². The molecule has 7 nitrogen and oxygen atoms in total. The van der Waals surface area contributed by atoms with Crippen LogP contribution in [0.25, 0.3) is 11.0 Å². The van der Waals surface area contributed by atoms with Crippen LogP contribution in [0.4, 0.5) is 13.2 Å². The molecule has 0 aliphatic rings. The van der Waals surface area contributed by atoms with Gasteiger partial charge in [-0.1, -0.05) is 25.1 Å². The number of amides is 2. The SMILES string of the molecule is C=C(CC)NC(=O)COc1ccc(Cl)c(F)c1.CC(=O)NCc1nc2cc(F)c(F)cc2[nH]1. The number of allylic oxidation sites excluding steroid dienone is 1. The quantitative estimate of drug-likeness (QED) is 0.466. The van der Waals surface area contributed by atoms with Crippen LogP contribution in [0.15, 0.2) is 42.6 Å². The van der Waals surface area contributed by atoms with Crippen molar-refractivity contribution in [1.29, 1.82) is 0 Å². The van der Waals surface area contributed by atoms with Crippen molar-refractivity contribution >= 4 is 34.4 Å². The molecule has 2 aromatic carbocycles.